The molecule has 1 aliphatic carbocycles. The summed E-state index contributed by atoms with van der Waals surface area (Å²) in [5.74, 6) is 0.178. The van der Waals surface area contributed by atoms with Crippen molar-refractivity contribution in [3.05, 3.63) is 35.5 Å². The summed E-state index contributed by atoms with van der Waals surface area (Å²) in [6, 6.07) is 0. The van der Waals surface area contributed by atoms with Crippen molar-refractivity contribution in [2.75, 3.05) is 26.8 Å². The molecule has 3 atom stereocenters. The smallest absolute Gasteiger partial charge is 0.330 e. The van der Waals surface area contributed by atoms with Gasteiger partial charge in [0.15, 0.2) is 0 Å². The van der Waals surface area contributed by atoms with Crippen molar-refractivity contribution in [1.82, 2.24) is 4.90 Å². The van der Waals surface area contributed by atoms with Crippen molar-refractivity contribution in [3.8, 4) is 0 Å². The van der Waals surface area contributed by atoms with Crippen molar-refractivity contribution >= 4 is 5.97 Å². The van der Waals surface area contributed by atoms with Crippen LogP contribution >= 0.6 is 0 Å². The van der Waals surface area contributed by atoms with Crippen LogP contribution in [0.25, 0.3) is 0 Å². The van der Waals surface area contributed by atoms with Gasteiger partial charge < -0.3 is 9.47 Å². The second-order valence-electron chi connectivity index (χ2n) is 6.02. The van der Waals surface area contributed by atoms with E-state index in [1.807, 2.05) is 0 Å². The van der Waals surface area contributed by atoms with Gasteiger partial charge in [0, 0.05) is 38.6 Å². The Morgan fingerprint density at radius 3 is 3.25 bits per heavy atom. The molecule has 4 heteroatoms. The van der Waals surface area contributed by atoms with E-state index >= 15 is 0 Å². The van der Waals surface area contributed by atoms with Gasteiger partial charge in [0.2, 0.25) is 0 Å². The van der Waals surface area contributed by atoms with Gasteiger partial charge in [-0.05, 0) is 17.6 Å². The summed E-state index contributed by atoms with van der Waals surface area (Å²) in [4.78, 5) is 14.2. The topological polar surface area (TPSA) is 38.8 Å². The predicted octanol–water partition coefficient (Wildman–Crippen LogP) is 1.45. The average Bonchev–Trinajstić information content (AvgIpc) is 2.86. The molecule has 1 saturated heterocycles. The zero-order valence-corrected chi connectivity index (χ0v) is 11.7. The van der Waals surface area contributed by atoms with Crippen LogP contribution in [0.2, 0.25) is 0 Å². The number of hydrogen-bond donors (Lipinski definition) is 0. The lowest BCUT2D eigenvalue weighted by Gasteiger charge is -2.52. The van der Waals surface area contributed by atoms with Crippen LogP contribution in [0, 0.1) is 5.92 Å². The third-order valence-electron chi connectivity index (χ3n) is 5.20. The van der Waals surface area contributed by atoms with Gasteiger partial charge in [0.1, 0.15) is 0 Å². The van der Waals surface area contributed by atoms with Gasteiger partial charge in [-0.2, -0.15) is 0 Å². The molecule has 106 valence electrons. The van der Waals surface area contributed by atoms with Crippen LogP contribution in [-0.2, 0) is 14.3 Å². The quantitative estimate of drug-likeness (QED) is 0.678. The number of carbonyl (C=O) groups excluding carboxylic acids is 1. The van der Waals surface area contributed by atoms with E-state index < -0.39 is 0 Å². The Hall–Kier alpha value is -1.39. The SMILES string of the molecule is CO[C@H]1C=CC2=CCN3CC[C@@H]4COC(=O)C=C4[C@@]23C1. The van der Waals surface area contributed by atoms with Crippen molar-refractivity contribution in [1.29, 1.82) is 0 Å². The van der Waals surface area contributed by atoms with E-state index in [0.717, 1.165) is 25.9 Å². The van der Waals surface area contributed by atoms with Gasteiger partial charge in [-0.3, -0.25) is 4.90 Å². The number of carbonyl (C=O) groups is 1. The molecule has 0 bridgehead atoms. The second kappa shape index (κ2) is 4.30. The van der Waals surface area contributed by atoms with Crippen LogP contribution < -0.4 is 0 Å². The van der Waals surface area contributed by atoms with Crippen LogP contribution in [0.4, 0.5) is 0 Å². The molecule has 0 radical (unpaired) electrons. The molecule has 4 nitrogen and oxygen atoms in total. The zero-order valence-electron chi connectivity index (χ0n) is 11.7. The molecule has 0 saturated carbocycles. The lowest BCUT2D eigenvalue weighted by molar-refractivity contribution is -0.141. The third kappa shape index (κ3) is 1.52. The molecule has 1 spiro atoms. The van der Waals surface area contributed by atoms with Crippen LogP contribution in [0.3, 0.4) is 0 Å². The third-order valence-corrected chi connectivity index (χ3v) is 5.20. The Morgan fingerprint density at radius 1 is 1.50 bits per heavy atom. The first-order valence-corrected chi connectivity index (χ1v) is 7.29. The van der Waals surface area contributed by atoms with Gasteiger partial charge in [0.25, 0.3) is 0 Å². The van der Waals surface area contributed by atoms with Gasteiger partial charge in [-0.25, -0.2) is 4.79 Å². The summed E-state index contributed by atoms with van der Waals surface area (Å²) in [6.45, 7) is 2.56. The summed E-state index contributed by atoms with van der Waals surface area (Å²) < 4.78 is 10.8. The fraction of sp³-hybridized carbons (Fsp3) is 0.562. The largest absolute Gasteiger partial charge is 0.462 e. The number of esters is 1. The Balaban J connectivity index is 1.84. The van der Waals surface area contributed by atoms with Crippen LogP contribution in [0.5, 0.6) is 0 Å². The predicted molar refractivity (Wildman–Crippen MR) is 74.1 cm³/mol. The number of rotatable bonds is 1. The molecule has 0 N–H and O–H groups in total. The summed E-state index contributed by atoms with van der Waals surface area (Å²) >= 11 is 0. The molecule has 0 amide bonds. The van der Waals surface area contributed by atoms with Crippen molar-refractivity contribution in [2.24, 2.45) is 5.92 Å². The molecule has 1 fully saturated rings. The lowest BCUT2D eigenvalue weighted by Crippen LogP contribution is -2.57. The van der Waals surface area contributed by atoms with E-state index in [4.69, 9.17) is 9.47 Å². The fourth-order valence-corrected chi connectivity index (χ4v) is 4.22. The Bertz CT molecular complexity index is 548. The standard InChI is InChI=1S/C16H19NO3/c1-19-13-3-2-12-5-7-17-6-4-11-10-20-15(18)8-14(11)16(12,17)9-13/h2-3,5,8,11,13H,4,6-7,9-10H2,1H3/t11-,13+,16-/m1/s1. The van der Waals surface area contributed by atoms with Crippen LogP contribution in [-0.4, -0.2) is 49.3 Å². The maximum Gasteiger partial charge on any atom is 0.330 e. The van der Waals surface area contributed by atoms with Gasteiger partial charge >= 0.3 is 5.97 Å². The van der Waals surface area contributed by atoms with E-state index in [0.29, 0.717) is 12.5 Å². The zero-order chi connectivity index (χ0) is 13.7. The van der Waals surface area contributed by atoms with E-state index in [1.54, 1.807) is 13.2 Å². The maximum atomic E-state index is 11.7. The molecular formula is C16H19NO3. The number of cyclic esters (lactones) is 1. The molecule has 4 rings (SSSR count). The fourth-order valence-electron chi connectivity index (χ4n) is 4.22. The molecule has 0 aromatic heterocycles. The minimum atomic E-state index is -0.192. The highest BCUT2D eigenvalue weighted by Crippen LogP contribution is 2.51. The molecule has 0 unspecified atom stereocenters. The summed E-state index contributed by atoms with van der Waals surface area (Å²) in [5.41, 5.74) is 2.45. The highest BCUT2D eigenvalue weighted by atomic mass is 16.5. The minimum absolute atomic E-state index is 0.116. The maximum absolute atomic E-state index is 11.7. The highest BCUT2D eigenvalue weighted by molar-refractivity contribution is 5.85. The minimum Gasteiger partial charge on any atom is -0.462 e. The molecule has 3 aliphatic heterocycles. The van der Waals surface area contributed by atoms with Crippen LogP contribution in [0.1, 0.15) is 12.8 Å². The Morgan fingerprint density at radius 2 is 2.40 bits per heavy atom. The molecule has 3 heterocycles. The molecule has 20 heavy (non-hydrogen) atoms. The number of piperidine rings is 1. The number of nitrogens with zero attached hydrogens (tertiary/aromatic N) is 1. The summed E-state index contributed by atoms with van der Waals surface area (Å²) in [6.07, 6.45) is 10.4. The number of hydrogen-bond acceptors (Lipinski definition) is 4. The summed E-state index contributed by atoms with van der Waals surface area (Å²) in [5, 5.41) is 0. The number of ether oxygens (including phenoxy) is 2. The first-order chi connectivity index (χ1) is 9.74. The average molecular weight is 273 g/mol. The first kappa shape index (κ1) is 12.4. The van der Waals surface area contributed by atoms with E-state index in [-0.39, 0.29) is 17.6 Å². The number of methoxy groups -OCH3 is 1. The molecule has 0 aromatic carbocycles. The number of fused-ring (bicyclic) bond motifs is 1. The first-order valence-electron chi connectivity index (χ1n) is 7.29. The van der Waals surface area contributed by atoms with Gasteiger partial charge in [-0.1, -0.05) is 18.2 Å². The van der Waals surface area contributed by atoms with Gasteiger partial charge in [0.05, 0.1) is 18.2 Å². The van der Waals surface area contributed by atoms with E-state index in [9.17, 15) is 4.79 Å². The monoisotopic (exact) mass is 273 g/mol. The van der Waals surface area contributed by atoms with Crippen LogP contribution in [0.15, 0.2) is 35.5 Å². The highest BCUT2D eigenvalue weighted by Gasteiger charge is 2.53. The van der Waals surface area contributed by atoms with E-state index in [1.165, 1.54) is 11.1 Å². The lowest BCUT2D eigenvalue weighted by atomic mass is 9.67. The van der Waals surface area contributed by atoms with Crippen molar-refractivity contribution in [2.45, 2.75) is 24.5 Å². The summed E-state index contributed by atoms with van der Waals surface area (Å²) in [7, 11) is 1.75. The van der Waals surface area contributed by atoms with Crippen molar-refractivity contribution in [3.63, 3.8) is 0 Å². The molecular weight excluding hydrogens is 254 g/mol. The van der Waals surface area contributed by atoms with E-state index in [2.05, 4.69) is 23.1 Å². The Kier molecular flexibility index (Phi) is 2.66. The van der Waals surface area contributed by atoms with Crippen molar-refractivity contribution < 1.29 is 14.3 Å². The Labute approximate surface area is 118 Å². The molecule has 0 aromatic rings. The second-order valence-corrected chi connectivity index (χ2v) is 6.02. The van der Waals surface area contributed by atoms with Gasteiger partial charge in [-0.15, -0.1) is 0 Å². The molecule has 4 aliphatic rings. The normalized spacial score (nSPS) is 39.4.